The van der Waals surface area contributed by atoms with Gasteiger partial charge in [0.1, 0.15) is 19.5 Å². The maximum absolute atomic E-state index is 11.8. The number of ether oxygens (including phenoxy) is 2. The topological polar surface area (TPSA) is 47.6 Å². The van der Waals surface area contributed by atoms with Gasteiger partial charge in [0.05, 0.1) is 0 Å². The molecule has 1 aliphatic rings. The Bertz CT molecular complexity index is 471. The largest absolute Gasteiger partial charge is 0.494 e. The van der Waals surface area contributed by atoms with Crippen molar-refractivity contribution in [3.63, 3.8) is 0 Å². The number of anilines is 1. The summed E-state index contributed by atoms with van der Waals surface area (Å²) in [5, 5.41) is 2.74. The zero-order valence-electron chi connectivity index (χ0n) is 9.33. The summed E-state index contributed by atoms with van der Waals surface area (Å²) in [4.78, 5) is 11.8. The van der Waals surface area contributed by atoms with Gasteiger partial charge >= 0.3 is 0 Å². The van der Waals surface area contributed by atoms with Gasteiger partial charge in [0.25, 0.3) is 5.91 Å². The van der Waals surface area contributed by atoms with Crippen LogP contribution in [0.3, 0.4) is 0 Å². The number of aryl methyl sites for hydroxylation is 1. The summed E-state index contributed by atoms with van der Waals surface area (Å²) < 4.78 is 11.2. The molecule has 1 aromatic carbocycles. The quantitative estimate of drug-likeness (QED) is 0.913. The van der Waals surface area contributed by atoms with Crippen molar-refractivity contribution in [1.29, 1.82) is 0 Å². The molecule has 0 aromatic heterocycles. The minimum absolute atomic E-state index is 0.202. The van der Waals surface area contributed by atoms with E-state index in [4.69, 9.17) is 9.47 Å². The van der Waals surface area contributed by atoms with Gasteiger partial charge in [0.15, 0.2) is 0 Å². The second kappa shape index (κ2) is 5.23. The molecule has 17 heavy (non-hydrogen) atoms. The average molecular weight is 298 g/mol. The summed E-state index contributed by atoms with van der Waals surface area (Å²) in [6.45, 7) is 2.86. The van der Waals surface area contributed by atoms with Crippen LogP contribution in [0, 0.1) is 6.92 Å². The third-order valence-electron chi connectivity index (χ3n) is 2.30. The predicted molar refractivity (Wildman–Crippen MR) is 67.5 cm³/mol. The zero-order chi connectivity index (χ0) is 12.3. The molecule has 0 unspecified atom stereocenters. The molecule has 2 rings (SSSR count). The fourth-order valence-electron chi connectivity index (χ4n) is 1.35. The molecule has 1 heterocycles. The molecule has 0 saturated carbocycles. The first-order valence-electron chi connectivity index (χ1n) is 5.19. The minimum atomic E-state index is -0.305. The number of hydrogen-bond donors (Lipinski definition) is 1. The maximum Gasteiger partial charge on any atom is 0.294 e. The summed E-state index contributed by atoms with van der Waals surface area (Å²) in [5.41, 5.74) is 1.82. The highest BCUT2D eigenvalue weighted by Gasteiger charge is 2.15. The van der Waals surface area contributed by atoms with Crippen molar-refractivity contribution >= 4 is 27.5 Å². The van der Waals surface area contributed by atoms with Crippen molar-refractivity contribution in [3.8, 4) is 0 Å². The molecule has 0 fully saturated rings. The van der Waals surface area contributed by atoms with Crippen LogP contribution < -0.4 is 5.32 Å². The van der Waals surface area contributed by atoms with Crippen molar-refractivity contribution in [3.05, 3.63) is 40.3 Å². The molecule has 0 aliphatic carbocycles. The third-order valence-corrected chi connectivity index (χ3v) is 3.16. The number of benzene rings is 1. The first-order valence-corrected chi connectivity index (χ1v) is 5.98. The van der Waals surface area contributed by atoms with Gasteiger partial charge in [-0.15, -0.1) is 0 Å². The van der Waals surface area contributed by atoms with Crippen LogP contribution in [-0.4, -0.2) is 19.1 Å². The first kappa shape index (κ1) is 12.0. The van der Waals surface area contributed by atoms with Crippen LogP contribution in [0.25, 0.3) is 0 Å². The highest BCUT2D eigenvalue weighted by Crippen LogP contribution is 2.21. The molecular formula is C12H12BrNO3. The molecule has 1 amide bonds. The van der Waals surface area contributed by atoms with Crippen molar-refractivity contribution < 1.29 is 14.3 Å². The molecule has 1 aromatic rings. The smallest absolute Gasteiger partial charge is 0.294 e. The van der Waals surface area contributed by atoms with E-state index in [2.05, 4.69) is 21.2 Å². The van der Waals surface area contributed by atoms with E-state index in [9.17, 15) is 4.79 Å². The molecule has 0 radical (unpaired) electrons. The maximum atomic E-state index is 11.8. The van der Waals surface area contributed by atoms with Gasteiger partial charge in [-0.25, -0.2) is 0 Å². The Morgan fingerprint density at radius 2 is 2.24 bits per heavy atom. The number of nitrogens with one attached hydrogen (secondary N) is 1. The normalized spacial score (nSPS) is 14.4. The molecule has 4 nitrogen and oxygen atoms in total. The molecule has 90 valence electrons. The van der Waals surface area contributed by atoms with E-state index in [0.29, 0.717) is 18.9 Å². The van der Waals surface area contributed by atoms with Gasteiger partial charge in [-0.05, 0) is 24.6 Å². The molecule has 5 heteroatoms. The minimum Gasteiger partial charge on any atom is -0.494 e. The number of hydrogen-bond acceptors (Lipinski definition) is 3. The van der Waals surface area contributed by atoms with Gasteiger partial charge < -0.3 is 14.8 Å². The van der Waals surface area contributed by atoms with Crippen LogP contribution in [0.5, 0.6) is 0 Å². The Morgan fingerprint density at radius 1 is 1.41 bits per heavy atom. The predicted octanol–water partition coefficient (Wildman–Crippen LogP) is 2.58. The Balaban J connectivity index is 2.07. The van der Waals surface area contributed by atoms with Crippen LogP contribution in [0.1, 0.15) is 5.56 Å². The number of carbonyl (C=O) groups is 1. The highest BCUT2D eigenvalue weighted by molar-refractivity contribution is 9.10. The van der Waals surface area contributed by atoms with E-state index in [1.54, 1.807) is 0 Å². The van der Waals surface area contributed by atoms with Gasteiger partial charge in [-0.3, -0.25) is 4.79 Å². The van der Waals surface area contributed by atoms with E-state index in [1.807, 2.05) is 25.1 Å². The number of rotatable bonds is 2. The fraction of sp³-hybridized carbons (Fsp3) is 0.250. The van der Waals surface area contributed by atoms with Crippen molar-refractivity contribution in [1.82, 2.24) is 0 Å². The summed E-state index contributed by atoms with van der Waals surface area (Å²) in [7, 11) is 0. The Labute approximate surface area is 108 Å². The van der Waals surface area contributed by atoms with Crippen molar-refractivity contribution in [2.75, 3.05) is 18.5 Å². The molecule has 0 atom stereocenters. The third kappa shape index (κ3) is 3.00. The Hall–Kier alpha value is -1.49. The SMILES string of the molecule is Cc1ccc(NC(=O)C2=COCCO2)cc1Br. The van der Waals surface area contributed by atoms with Crippen LogP contribution >= 0.6 is 15.9 Å². The lowest BCUT2D eigenvalue weighted by atomic mass is 10.2. The fourth-order valence-corrected chi connectivity index (χ4v) is 1.73. The van der Waals surface area contributed by atoms with E-state index >= 15 is 0 Å². The number of halogens is 1. The molecular weight excluding hydrogens is 286 g/mol. The van der Waals surface area contributed by atoms with Crippen LogP contribution in [-0.2, 0) is 14.3 Å². The molecule has 0 bridgehead atoms. The molecule has 0 saturated heterocycles. The van der Waals surface area contributed by atoms with Crippen LogP contribution in [0.2, 0.25) is 0 Å². The molecule has 1 aliphatic heterocycles. The van der Waals surface area contributed by atoms with Gasteiger partial charge in [-0.1, -0.05) is 22.0 Å². The Kier molecular flexibility index (Phi) is 3.68. The van der Waals surface area contributed by atoms with Crippen LogP contribution in [0.15, 0.2) is 34.7 Å². The molecule has 0 spiro atoms. The van der Waals surface area contributed by atoms with Gasteiger partial charge in [0, 0.05) is 10.2 Å². The van der Waals surface area contributed by atoms with Gasteiger partial charge in [0.2, 0.25) is 5.76 Å². The molecule has 1 N–H and O–H groups in total. The van der Waals surface area contributed by atoms with E-state index < -0.39 is 0 Å². The summed E-state index contributed by atoms with van der Waals surface area (Å²) in [6, 6.07) is 5.60. The first-order chi connectivity index (χ1) is 8.16. The van der Waals surface area contributed by atoms with Gasteiger partial charge in [-0.2, -0.15) is 0 Å². The number of amides is 1. The highest BCUT2D eigenvalue weighted by atomic mass is 79.9. The average Bonchev–Trinajstić information content (AvgIpc) is 2.35. The summed E-state index contributed by atoms with van der Waals surface area (Å²) in [5.74, 6) is -0.103. The van der Waals surface area contributed by atoms with Crippen molar-refractivity contribution in [2.24, 2.45) is 0 Å². The monoisotopic (exact) mass is 297 g/mol. The zero-order valence-corrected chi connectivity index (χ0v) is 10.9. The van der Waals surface area contributed by atoms with E-state index in [-0.39, 0.29) is 11.7 Å². The second-order valence-corrected chi connectivity index (χ2v) is 4.47. The standard InChI is InChI=1S/C12H12BrNO3/c1-8-2-3-9(6-10(8)13)14-12(15)11-7-16-4-5-17-11/h2-3,6-7H,4-5H2,1H3,(H,14,15). The number of carbonyl (C=O) groups excluding carboxylic acids is 1. The Morgan fingerprint density at radius 3 is 2.88 bits per heavy atom. The summed E-state index contributed by atoms with van der Waals surface area (Å²) in [6.07, 6.45) is 1.34. The van der Waals surface area contributed by atoms with E-state index in [1.165, 1.54) is 6.26 Å². The lowest BCUT2D eigenvalue weighted by molar-refractivity contribution is -0.117. The second-order valence-electron chi connectivity index (χ2n) is 3.62. The summed E-state index contributed by atoms with van der Waals surface area (Å²) >= 11 is 3.41. The van der Waals surface area contributed by atoms with Crippen LogP contribution in [0.4, 0.5) is 5.69 Å². The lowest BCUT2D eigenvalue weighted by Crippen LogP contribution is -2.21. The van der Waals surface area contributed by atoms with E-state index in [0.717, 1.165) is 10.0 Å². The lowest BCUT2D eigenvalue weighted by Gasteiger charge is -2.15. The van der Waals surface area contributed by atoms with Crippen molar-refractivity contribution in [2.45, 2.75) is 6.92 Å².